The summed E-state index contributed by atoms with van der Waals surface area (Å²) in [4.78, 5) is 0. The number of benzene rings is 6. The van der Waals surface area contributed by atoms with Crippen molar-refractivity contribution < 1.29 is 8.39 Å². The Labute approximate surface area is 220 Å². The van der Waals surface area contributed by atoms with Crippen molar-refractivity contribution in [2.24, 2.45) is 0 Å². The van der Waals surface area contributed by atoms with Crippen molar-refractivity contribution in [2.45, 2.75) is 0 Å². The van der Waals surface area contributed by atoms with E-state index in [4.69, 9.17) is 8.39 Å². The van der Waals surface area contributed by atoms with E-state index in [1.165, 1.54) is 10.8 Å². The van der Waals surface area contributed by atoms with E-state index < -0.39 is 8.01 Å². The molecule has 0 saturated carbocycles. The summed E-state index contributed by atoms with van der Waals surface area (Å²) >= 11 is 0. The lowest BCUT2D eigenvalue weighted by Gasteiger charge is -2.11. The molecule has 7 aromatic rings. The molecular weight excluding hydrogens is 485 g/mol. The molecule has 6 aromatic carbocycles. The Kier molecular flexibility index (Phi) is 4.73. The maximum absolute atomic E-state index is 6.85. The predicted molar refractivity (Wildman–Crippen MR) is 161 cm³/mol. The summed E-state index contributed by atoms with van der Waals surface area (Å²) in [5, 5.41) is 11.5. The molecule has 0 aliphatic carbocycles. The molecule has 2 heterocycles. The molecule has 0 amide bonds. The molecule has 1 aliphatic heterocycles. The van der Waals surface area contributed by atoms with Crippen molar-refractivity contribution in [3.8, 4) is 5.30 Å². The standard InChI is InChI=1S/C34H22NO2P/c1-4-11-25-22(8-1)17-20-30-33(25)34-26-12-5-2-9-23(26)18-21-31(34)37-38(36-30)32-15-7-14-29-27(32)19-16-24-10-3-6-13-28(24)35-29/h1-21,35H. The number of fused-ring (bicyclic) bond motifs is 9. The first-order valence-electron chi connectivity index (χ1n) is 12.7. The van der Waals surface area contributed by atoms with Gasteiger partial charge in [0.2, 0.25) is 0 Å². The van der Waals surface area contributed by atoms with Crippen LogP contribution in [0.1, 0.15) is 11.1 Å². The zero-order valence-corrected chi connectivity index (χ0v) is 21.3. The SMILES string of the molecule is C1=Cc2c(cccc2-p2oc3ccc4ccccc4c3c3c(ccc4ccccc43)o2)Nc2ccccc21. The number of anilines is 2. The van der Waals surface area contributed by atoms with E-state index in [0.29, 0.717) is 0 Å². The first kappa shape index (κ1) is 21.4. The van der Waals surface area contributed by atoms with Gasteiger partial charge in [0.05, 0.1) is 5.30 Å². The minimum atomic E-state index is -1.47. The van der Waals surface area contributed by atoms with Crippen LogP contribution in [0, 0.1) is 0 Å². The van der Waals surface area contributed by atoms with Crippen molar-refractivity contribution in [1.29, 1.82) is 0 Å². The summed E-state index contributed by atoms with van der Waals surface area (Å²) in [7, 11) is -1.47. The summed E-state index contributed by atoms with van der Waals surface area (Å²) < 4.78 is 13.7. The van der Waals surface area contributed by atoms with Gasteiger partial charge >= 0.3 is 0 Å². The number of hydrogen-bond donors (Lipinski definition) is 1. The summed E-state index contributed by atoms with van der Waals surface area (Å²) in [5.41, 5.74) is 6.05. The number of hydrogen-bond acceptors (Lipinski definition) is 3. The van der Waals surface area contributed by atoms with Gasteiger partial charge in [-0.25, -0.2) is 0 Å². The molecule has 1 aliphatic rings. The smallest absolute Gasteiger partial charge is 0.253 e. The van der Waals surface area contributed by atoms with Crippen LogP contribution in [0.3, 0.4) is 0 Å². The predicted octanol–water partition coefficient (Wildman–Crippen LogP) is 10.8. The lowest BCUT2D eigenvalue weighted by Crippen LogP contribution is -1.93. The molecule has 4 heteroatoms. The molecule has 1 N–H and O–H groups in total. The Morgan fingerprint density at radius 2 is 1.11 bits per heavy atom. The molecule has 1 aromatic heterocycles. The van der Waals surface area contributed by atoms with Crippen molar-refractivity contribution in [3.05, 3.63) is 126 Å². The van der Waals surface area contributed by atoms with Crippen LogP contribution in [0.2, 0.25) is 0 Å². The van der Waals surface area contributed by atoms with E-state index in [1.54, 1.807) is 0 Å². The third-order valence-corrected chi connectivity index (χ3v) is 8.84. The molecule has 0 unspecified atom stereocenters. The Bertz CT molecular complexity index is 2030. The number of nitrogens with one attached hydrogen (secondary N) is 1. The lowest BCUT2D eigenvalue weighted by atomic mass is 9.99. The average molecular weight is 508 g/mol. The maximum Gasteiger partial charge on any atom is 0.253 e. The largest absolute Gasteiger partial charge is 0.416 e. The van der Waals surface area contributed by atoms with Crippen LogP contribution in [0.5, 0.6) is 0 Å². The molecule has 0 fully saturated rings. The Morgan fingerprint density at radius 1 is 0.500 bits per heavy atom. The molecule has 0 atom stereocenters. The second-order valence-corrected chi connectivity index (χ2v) is 10.9. The average Bonchev–Trinajstić information content (AvgIpc) is 3.27. The van der Waals surface area contributed by atoms with E-state index in [-0.39, 0.29) is 0 Å². The second kappa shape index (κ2) is 8.41. The fourth-order valence-corrected chi connectivity index (χ4v) is 7.03. The minimum absolute atomic E-state index is 0.844. The zero-order valence-electron chi connectivity index (χ0n) is 20.4. The van der Waals surface area contributed by atoms with E-state index in [0.717, 1.165) is 60.5 Å². The van der Waals surface area contributed by atoms with E-state index >= 15 is 0 Å². The van der Waals surface area contributed by atoms with Crippen molar-refractivity contribution in [1.82, 2.24) is 0 Å². The Morgan fingerprint density at radius 3 is 1.82 bits per heavy atom. The van der Waals surface area contributed by atoms with Gasteiger partial charge in [-0.15, -0.1) is 0 Å². The van der Waals surface area contributed by atoms with Crippen LogP contribution in [0.15, 0.2) is 124 Å². The van der Waals surface area contributed by atoms with Gasteiger partial charge in [-0.2, -0.15) is 0 Å². The molecular formula is C34H22NO2P. The van der Waals surface area contributed by atoms with Gasteiger partial charge in [0.25, 0.3) is 8.01 Å². The minimum Gasteiger partial charge on any atom is -0.416 e. The fraction of sp³-hybridized carbons (Fsp3) is 0. The van der Waals surface area contributed by atoms with Gasteiger partial charge in [0, 0.05) is 27.7 Å². The van der Waals surface area contributed by atoms with Crippen molar-refractivity contribution in [3.63, 3.8) is 0 Å². The second-order valence-electron chi connectivity index (χ2n) is 9.54. The Hall–Kier alpha value is -4.72. The van der Waals surface area contributed by atoms with Crippen LogP contribution in [0.25, 0.3) is 60.9 Å². The number of para-hydroxylation sites is 1. The van der Waals surface area contributed by atoms with Gasteiger partial charge in [-0.3, -0.25) is 0 Å². The summed E-state index contributed by atoms with van der Waals surface area (Å²) in [6, 6.07) is 40.1. The monoisotopic (exact) mass is 507 g/mol. The Balaban J connectivity index is 1.50. The summed E-state index contributed by atoms with van der Waals surface area (Å²) in [5.74, 6) is 0. The third kappa shape index (κ3) is 3.30. The van der Waals surface area contributed by atoms with Crippen molar-refractivity contribution >= 4 is 75.0 Å². The van der Waals surface area contributed by atoms with Crippen molar-refractivity contribution in [2.75, 3.05) is 5.32 Å². The molecule has 38 heavy (non-hydrogen) atoms. The highest BCUT2D eigenvalue weighted by Crippen LogP contribution is 2.49. The van der Waals surface area contributed by atoms with E-state index in [1.807, 2.05) is 0 Å². The summed E-state index contributed by atoms with van der Waals surface area (Å²) in [6.07, 6.45) is 4.33. The van der Waals surface area contributed by atoms with Gasteiger partial charge < -0.3 is 13.7 Å². The van der Waals surface area contributed by atoms with E-state index in [2.05, 4.69) is 133 Å². The molecule has 8 rings (SSSR count). The lowest BCUT2D eigenvalue weighted by molar-refractivity contribution is 0.651. The molecule has 0 radical (unpaired) electrons. The quantitative estimate of drug-likeness (QED) is 0.240. The first-order chi connectivity index (χ1) is 18.8. The fourth-order valence-electron chi connectivity index (χ4n) is 5.54. The highest BCUT2D eigenvalue weighted by atomic mass is 31.1. The normalized spacial score (nSPS) is 12.3. The molecule has 0 saturated heterocycles. The highest BCUT2D eigenvalue weighted by molar-refractivity contribution is 7.45. The molecule has 3 nitrogen and oxygen atoms in total. The van der Waals surface area contributed by atoms with E-state index in [9.17, 15) is 0 Å². The van der Waals surface area contributed by atoms with Crippen LogP contribution >= 0.6 is 8.01 Å². The first-order valence-corrected chi connectivity index (χ1v) is 13.9. The molecule has 0 spiro atoms. The van der Waals surface area contributed by atoms with Crippen LogP contribution < -0.4 is 5.32 Å². The van der Waals surface area contributed by atoms with Crippen LogP contribution in [-0.4, -0.2) is 0 Å². The topological polar surface area (TPSA) is 38.3 Å². The summed E-state index contributed by atoms with van der Waals surface area (Å²) in [6.45, 7) is 0. The zero-order chi connectivity index (χ0) is 25.1. The van der Waals surface area contributed by atoms with Gasteiger partial charge in [0.15, 0.2) is 0 Å². The van der Waals surface area contributed by atoms with Gasteiger partial charge in [0.1, 0.15) is 11.2 Å². The van der Waals surface area contributed by atoms with Crippen LogP contribution in [-0.2, 0) is 0 Å². The van der Waals surface area contributed by atoms with Crippen LogP contribution in [0.4, 0.5) is 11.4 Å². The molecule has 180 valence electrons. The number of rotatable bonds is 1. The highest BCUT2D eigenvalue weighted by Gasteiger charge is 2.18. The van der Waals surface area contributed by atoms with Gasteiger partial charge in [-0.05, 0) is 57.4 Å². The third-order valence-electron chi connectivity index (χ3n) is 7.33. The van der Waals surface area contributed by atoms with Gasteiger partial charge in [-0.1, -0.05) is 97.1 Å². The maximum atomic E-state index is 6.85. The molecule has 0 bridgehead atoms.